The number of rotatable bonds is 4. The van der Waals surface area contributed by atoms with Crippen LogP contribution in [0.4, 0.5) is 5.82 Å². The van der Waals surface area contributed by atoms with Crippen molar-refractivity contribution in [2.24, 2.45) is 0 Å². The second kappa shape index (κ2) is 5.25. The second-order valence-electron chi connectivity index (χ2n) is 4.63. The van der Waals surface area contributed by atoms with E-state index in [1.165, 1.54) is 12.6 Å². The fraction of sp³-hybridized carbons (Fsp3) is 0.700. The highest BCUT2D eigenvalue weighted by Crippen LogP contribution is 2.17. The normalized spacial score (nSPS) is 22.2. The second-order valence-corrected chi connectivity index (χ2v) is 6.37. The summed E-state index contributed by atoms with van der Waals surface area (Å²) in [5, 5.41) is 6.04. The van der Waals surface area contributed by atoms with Crippen molar-refractivity contribution in [2.45, 2.75) is 30.2 Å². The molecule has 0 saturated carbocycles. The molecule has 102 valence electrons. The van der Waals surface area contributed by atoms with E-state index in [4.69, 9.17) is 5.73 Å². The number of aromatic amines is 1. The summed E-state index contributed by atoms with van der Waals surface area (Å²) in [5.41, 5.74) is 5.52. The number of anilines is 1. The van der Waals surface area contributed by atoms with Gasteiger partial charge in [-0.3, -0.25) is 5.10 Å². The minimum atomic E-state index is -3.57. The van der Waals surface area contributed by atoms with Crippen molar-refractivity contribution in [1.29, 1.82) is 0 Å². The van der Waals surface area contributed by atoms with Crippen molar-refractivity contribution in [3.05, 3.63) is 6.20 Å². The molecule has 1 aromatic heterocycles. The van der Waals surface area contributed by atoms with Gasteiger partial charge >= 0.3 is 0 Å². The molecule has 1 saturated heterocycles. The molecule has 0 spiro atoms. The lowest BCUT2D eigenvalue weighted by Crippen LogP contribution is -2.44. The van der Waals surface area contributed by atoms with Crippen LogP contribution in [0.5, 0.6) is 0 Å². The number of nitrogens with one attached hydrogen (secondary N) is 2. The third-order valence-corrected chi connectivity index (χ3v) is 4.80. The Hall–Kier alpha value is -1.12. The molecule has 1 aliphatic heterocycles. The van der Waals surface area contributed by atoms with Gasteiger partial charge in [-0.15, -0.1) is 0 Å². The van der Waals surface area contributed by atoms with Crippen molar-refractivity contribution in [1.82, 2.24) is 19.8 Å². The van der Waals surface area contributed by atoms with Crippen LogP contribution in [0.1, 0.15) is 19.3 Å². The lowest BCUT2D eigenvalue weighted by Gasteiger charge is -2.32. The fourth-order valence-corrected chi connectivity index (χ4v) is 3.28. The predicted octanol–water partition coefficient (Wildman–Crippen LogP) is -0.245. The number of nitrogen functional groups attached to an aromatic ring is 1. The SMILES string of the molecule is CN1CCCCC1CNS(=O)(=O)c1cn[nH]c1N. The van der Waals surface area contributed by atoms with Crippen molar-refractivity contribution < 1.29 is 8.42 Å². The number of hydrogen-bond acceptors (Lipinski definition) is 5. The number of nitrogens with two attached hydrogens (primary N) is 1. The van der Waals surface area contributed by atoms with Gasteiger partial charge in [0.25, 0.3) is 0 Å². The lowest BCUT2D eigenvalue weighted by atomic mass is 10.0. The number of nitrogens with zero attached hydrogens (tertiary/aromatic N) is 2. The Bertz CT molecular complexity index is 498. The topological polar surface area (TPSA) is 104 Å². The number of aromatic nitrogens is 2. The van der Waals surface area contributed by atoms with Crippen LogP contribution < -0.4 is 10.5 Å². The first kappa shape index (κ1) is 13.3. The summed E-state index contributed by atoms with van der Waals surface area (Å²) >= 11 is 0. The van der Waals surface area contributed by atoms with Gasteiger partial charge in [0.1, 0.15) is 10.7 Å². The first-order valence-corrected chi connectivity index (χ1v) is 7.48. The molecule has 1 atom stereocenters. The van der Waals surface area contributed by atoms with Gasteiger partial charge in [0.2, 0.25) is 10.0 Å². The maximum Gasteiger partial charge on any atom is 0.245 e. The molecule has 0 bridgehead atoms. The number of piperidine rings is 1. The smallest absolute Gasteiger partial charge is 0.245 e. The Morgan fingerprint density at radius 2 is 2.39 bits per heavy atom. The molecule has 7 nitrogen and oxygen atoms in total. The molecule has 4 N–H and O–H groups in total. The Kier molecular flexibility index (Phi) is 3.88. The van der Waals surface area contributed by atoms with Crippen LogP contribution in [0.15, 0.2) is 11.1 Å². The first-order valence-electron chi connectivity index (χ1n) is 5.99. The fourth-order valence-electron chi connectivity index (χ4n) is 2.18. The molecule has 2 rings (SSSR count). The van der Waals surface area contributed by atoms with E-state index in [9.17, 15) is 8.42 Å². The Balaban J connectivity index is 1.99. The molecular weight excluding hydrogens is 254 g/mol. The largest absolute Gasteiger partial charge is 0.383 e. The van der Waals surface area contributed by atoms with Crippen LogP contribution in [0.25, 0.3) is 0 Å². The molecule has 1 aliphatic rings. The van der Waals surface area contributed by atoms with Crippen LogP contribution in [0, 0.1) is 0 Å². The van der Waals surface area contributed by atoms with E-state index in [0.29, 0.717) is 6.54 Å². The summed E-state index contributed by atoms with van der Waals surface area (Å²) in [4.78, 5) is 2.20. The number of hydrogen-bond donors (Lipinski definition) is 3. The van der Waals surface area contributed by atoms with Crippen LogP contribution in [0.3, 0.4) is 0 Å². The highest BCUT2D eigenvalue weighted by Gasteiger charge is 2.24. The highest BCUT2D eigenvalue weighted by molar-refractivity contribution is 7.89. The molecule has 0 radical (unpaired) electrons. The zero-order valence-electron chi connectivity index (χ0n) is 10.4. The molecule has 0 aromatic carbocycles. The highest BCUT2D eigenvalue weighted by atomic mass is 32.2. The van der Waals surface area contributed by atoms with Gasteiger partial charge in [0.05, 0.1) is 6.20 Å². The summed E-state index contributed by atoms with van der Waals surface area (Å²) in [6.45, 7) is 1.42. The standard InChI is InChI=1S/C10H19N5O2S/c1-15-5-3-2-4-8(15)6-13-18(16,17)9-7-12-14-10(9)11/h7-8,13H,2-6H2,1H3,(H3,11,12,14). The number of likely N-dealkylation sites (N-methyl/N-ethyl adjacent to an activating group) is 1. The van der Waals surface area contributed by atoms with Gasteiger partial charge in [-0.2, -0.15) is 5.10 Å². The quantitative estimate of drug-likeness (QED) is 0.702. The van der Waals surface area contributed by atoms with E-state index < -0.39 is 10.0 Å². The van der Waals surface area contributed by atoms with Crippen molar-refractivity contribution in [2.75, 3.05) is 25.9 Å². The molecule has 1 fully saturated rings. The minimum Gasteiger partial charge on any atom is -0.383 e. The zero-order chi connectivity index (χ0) is 13.2. The summed E-state index contributed by atoms with van der Waals surface area (Å²) in [6.07, 6.45) is 4.56. The molecular formula is C10H19N5O2S. The lowest BCUT2D eigenvalue weighted by molar-refractivity contribution is 0.187. The Morgan fingerprint density at radius 3 is 3.00 bits per heavy atom. The summed E-state index contributed by atoms with van der Waals surface area (Å²) in [7, 11) is -1.55. The Morgan fingerprint density at radius 1 is 1.61 bits per heavy atom. The van der Waals surface area contributed by atoms with E-state index in [0.717, 1.165) is 19.4 Å². The van der Waals surface area contributed by atoms with Gasteiger partial charge in [-0.1, -0.05) is 6.42 Å². The van der Waals surface area contributed by atoms with Gasteiger partial charge in [-0.25, -0.2) is 13.1 Å². The van der Waals surface area contributed by atoms with Gasteiger partial charge in [-0.05, 0) is 26.4 Å². The van der Waals surface area contributed by atoms with E-state index >= 15 is 0 Å². The molecule has 18 heavy (non-hydrogen) atoms. The monoisotopic (exact) mass is 273 g/mol. The minimum absolute atomic E-state index is 0.0148. The average molecular weight is 273 g/mol. The van der Waals surface area contributed by atoms with Crippen LogP contribution >= 0.6 is 0 Å². The van der Waals surface area contributed by atoms with Crippen LogP contribution in [-0.2, 0) is 10.0 Å². The third-order valence-electron chi connectivity index (χ3n) is 3.35. The maximum absolute atomic E-state index is 12.0. The summed E-state index contributed by atoms with van der Waals surface area (Å²) in [5.74, 6) is 0.0690. The number of likely N-dealkylation sites (tertiary alicyclic amines) is 1. The number of H-pyrrole nitrogens is 1. The van der Waals surface area contributed by atoms with E-state index in [-0.39, 0.29) is 16.8 Å². The number of sulfonamides is 1. The molecule has 1 unspecified atom stereocenters. The zero-order valence-corrected chi connectivity index (χ0v) is 11.2. The van der Waals surface area contributed by atoms with E-state index in [2.05, 4.69) is 19.8 Å². The average Bonchev–Trinajstić information content (AvgIpc) is 2.75. The molecule has 1 aromatic rings. The summed E-state index contributed by atoms with van der Waals surface area (Å²) < 4.78 is 26.6. The van der Waals surface area contributed by atoms with Gasteiger partial charge < -0.3 is 10.6 Å². The van der Waals surface area contributed by atoms with Gasteiger partial charge in [0.15, 0.2) is 0 Å². The Labute approximate surface area is 107 Å². The van der Waals surface area contributed by atoms with E-state index in [1.807, 2.05) is 7.05 Å². The third kappa shape index (κ3) is 2.82. The van der Waals surface area contributed by atoms with Crippen molar-refractivity contribution >= 4 is 15.8 Å². The van der Waals surface area contributed by atoms with E-state index in [1.54, 1.807) is 0 Å². The molecule has 8 heteroatoms. The first-order chi connectivity index (χ1) is 8.50. The van der Waals surface area contributed by atoms with Gasteiger partial charge in [0, 0.05) is 12.6 Å². The molecule has 2 heterocycles. The van der Waals surface area contributed by atoms with Crippen molar-refractivity contribution in [3.8, 4) is 0 Å². The van der Waals surface area contributed by atoms with Crippen LogP contribution in [0.2, 0.25) is 0 Å². The van der Waals surface area contributed by atoms with Crippen molar-refractivity contribution in [3.63, 3.8) is 0 Å². The molecule has 0 aliphatic carbocycles. The summed E-state index contributed by atoms with van der Waals surface area (Å²) in [6, 6.07) is 0.252. The predicted molar refractivity (Wildman–Crippen MR) is 68.5 cm³/mol. The van der Waals surface area contributed by atoms with Crippen LogP contribution in [-0.4, -0.2) is 49.7 Å². The maximum atomic E-state index is 12.0. The molecule has 0 amide bonds.